The number of hydrogen-bond donors (Lipinski definition) is 2. The normalized spacial score (nSPS) is 10.2. The number of anilines is 1. The van der Waals surface area contributed by atoms with E-state index in [1.54, 1.807) is 6.07 Å². The maximum atomic E-state index is 11.2. The third kappa shape index (κ3) is 2.47. The molecule has 6 heteroatoms. The minimum atomic E-state index is -1.14. The minimum Gasteiger partial charge on any atom is -0.477 e. The number of hydrogen-bond acceptors (Lipinski definition) is 3. The lowest BCUT2D eigenvalue weighted by Gasteiger charge is -2.10. The summed E-state index contributed by atoms with van der Waals surface area (Å²) in [5.74, 6) is -1.32. The molecule has 0 saturated heterocycles. The Morgan fingerprint density at radius 3 is 2.58 bits per heavy atom. The summed E-state index contributed by atoms with van der Waals surface area (Å²) in [6.07, 6.45) is 1.22. The first-order valence-electron chi connectivity index (χ1n) is 5.65. The van der Waals surface area contributed by atoms with Crippen molar-refractivity contribution in [3.63, 3.8) is 0 Å². The van der Waals surface area contributed by atoms with Crippen molar-refractivity contribution in [2.24, 2.45) is 0 Å². The van der Waals surface area contributed by atoms with Crippen molar-refractivity contribution < 1.29 is 14.7 Å². The van der Waals surface area contributed by atoms with Crippen molar-refractivity contribution in [3.8, 4) is 5.69 Å². The predicted molar refractivity (Wildman–Crippen MR) is 69.6 cm³/mol. The number of amides is 1. The quantitative estimate of drug-likeness (QED) is 0.880. The third-order valence-corrected chi connectivity index (χ3v) is 2.64. The molecule has 1 aromatic heterocycles. The summed E-state index contributed by atoms with van der Waals surface area (Å²) in [6.45, 7) is 3.20. The SMILES string of the molecule is CC(=O)Nc1c(C(=O)O)cnn1-c1ccccc1C. The van der Waals surface area contributed by atoms with Crippen LogP contribution < -0.4 is 5.32 Å². The Bertz CT molecular complexity index is 646. The molecule has 19 heavy (non-hydrogen) atoms. The fraction of sp³-hybridized carbons (Fsp3) is 0.154. The van der Waals surface area contributed by atoms with Gasteiger partial charge in [0.25, 0.3) is 0 Å². The molecule has 0 aliphatic rings. The molecule has 98 valence electrons. The number of carbonyl (C=O) groups is 2. The molecule has 0 radical (unpaired) electrons. The molecule has 1 amide bonds. The first-order valence-corrected chi connectivity index (χ1v) is 5.65. The molecule has 2 rings (SSSR count). The number of aromatic carboxylic acids is 1. The van der Waals surface area contributed by atoms with Crippen LogP contribution in [-0.2, 0) is 4.79 Å². The molecule has 1 aromatic carbocycles. The van der Waals surface area contributed by atoms with E-state index in [1.807, 2.05) is 25.1 Å². The van der Waals surface area contributed by atoms with Crippen LogP contribution in [0.25, 0.3) is 5.69 Å². The number of nitrogens with zero attached hydrogens (tertiary/aromatic N) is 2. The highest BCUT2D eigenvalue weighted by molar-refractivity contribution is 5.99. The topological polar surface area (TPSA) is 84.2 Å². The first-order chi connectivity index (χ1) is 9.00. The van der Waals surface area contributed by atoms with Crippen LogP contribution in [0.15, 0.2) is 30.5 Å². The highest BCUT2D eigenvalue weighted by Gasteiger charge is 2.19. The van der Waals surface area contributed by atoms with Crippen molar-refractivity contribution in [2.75, 3.05) is 5.32 Å². The smallest absolute Gasteiger partial charge is 0.341 e. The largest absolute Gasteiger partial charge is 0.477 e. The summed E-state index contributed by atoms with van der Waals surface area (Å²) in [6, 6.07) is 7.38. The van der Waals surface area contributed by atoms with E-state index in [-0.39, 0.29) is 17.3 Å². The Kier molecular flexibility index (Phi) is 3.33. The zero-order valence-electron chi connectivity index (χ0n) is 10.5. The highest BCUT2D eigenvalue weighted by atomic mass is 16.4. The number of carbonyl (C=O) groups excluding carboxylic acids is 1. The lowest BCUT2D eigenvalue weighted by atomic mass is 10.2. The maximum absolute atomic E-state index is 11.2. The van der Waals surface area contributed by atoms with Gasteiger partial charge in [0.1, 0.15) is 5.56 Å². The van der Waals surface area contributed by atoms with E-state index < -0.39 is 5.97 Å². The van der Waals surface area contributed by atoms with Gasteiger partial charge in [0.15, 0.2) is 5.82 Å². The Morgan fingerprint density at radius 1 is 1.32 bits per heavy atom. The third-order valence-electron chi connectivity index (χ3n) is 2.64. The lowest BCUT2D eigenvalue weighted by molar-refractivity contribution is -0.114. The summed E-state index contributed by atoms with van der Waals surface area (Å²) >= 11 is 0. The average molecular weight is 259 g/mol. The van der Waals surface area contributed by atoms with Crippen LogP contribution >= 0.6 is 0 Å². The number of carboxylic acid groups (broad SMARTS) is 1. The van der Waals surface area contributed by atoms with Crippen LogP contribution in [0.4, 0.5) is 5.82 Å². The molecular weight excluding hydrogens is 246 g/mol. The van der Waals surface area contributed by atoms with Crippen LogP contribution in [-0.4, -0.2) is 26.8 Å². The predicted octanol–water partition coefficient (Wildman–Crippen LogP) is 1.84. The Balaban J connectivity index is 2.61. The molecule has 1 heterocycles. The molecule has 0 aliphatic heterocycles. The van der Waals surface area contributed by atoms with Gasteiger partial charge in [-0.25, -0.2) is 9.48 Å². The summed E-state index contributed by atoms with van der Waals surface area (Å²) in [5, 5.41) is 15.7. The Morgan fingerprint density at radius 2 is 2.00 bits per heavy atom. The average Bonchev–Trinajstić information content (AvgIpc) is 2.72. The van der Waals surface area contributed by atoms with Crippen molar-refractivity contribution in [1.82, 2.24) is 9.78 Å². The molecule has 0 fully saturated rings. The van der Waals surface area contributed by atoms with Gasteiger partial charge in [-0.3, -0.25) is 4.79 Å². The molecule has 0 aliphatic carbocycles. The van der Waals surface area contributed by atoms with Crippen LogP contribution in [0.5, 0.6) is 0 Å². The molecule has 2 aromatic rings. The van der Waals surface area contributed by atoms with Crippen LogP contribution in [0.1, 0.15) is 22.8 Å². The highest BCUT2D eigenvalue weighted by Crippen LogP contribution is 2.22. The van der Waals surface area contributed by atoms with E-state index in [4.69, 9.17) is 5.11 Å². The summed E-state index contributed by atoms with van der Waals surface area (Å²) in [7, 11) is 0. The van der Waals surface area contributed by atoms with Gasteiger partial charge in [-0.15, -0.1) is 0 Å². The van der Waals surface area contributed by atoms with Gasteiger partial charge in [-0.2, -0.15) is 5.10 Å². The standard InChI is InChI=1S/C13H13N3O3/c1-8-5-3-4-6-11(8)16-12(15-9(2)17)10(7-14-16)13(18)19/h3-7H,1-2H3,(H,15,17)(H,18,19). The molecule has 0 saturated carbocycles. The molecule has 0 spiro atoms. The van der Waals surface area contributed by atoms with Gasteiger partial charge in [-0.05, 0) is 18.6 Å². The molecule has 0 unspecified atom stereocenters. The Labute approximate surface area is 109 Å². The number of para-hydroxylation sites is 1. The summed E-state index contributed by atoms with van der Waals surface area (Å²) in [5.41, 5.74) is 1.60. The number of aromatic nitrogens is 2. The number of rotatable bonds is 3. The van der Waals surface area contributed by atoms with E-state index in [9.17, 15) is 9.59 Å². The van der Waals surface area contributed by atoms with Crippen molar-refractivity contribution in [2.45, 2.75) is 13.8 Å². The fourth-order valence-electron chi connectivity index (χ4n) is 1.78. The molecule has 2 N–H and O–H groups in total. The van der Waals surface area contributed by atoms with Gasteiger partial charge in [0, 0.05) is 6.92 Å². The summed E-state index contributed by atoms with van der Waals surface area (Å²) in [4.78, 5) is 22.3. The van der Waals surface area contributed by atoms with Gasteiger partial charge in [0.05, 0.1) is 11.9 Å². The van der Waals surface area contributed by atoms with E-state index in [2.05, 4.69) is 10.4 Å². The van der Waals surface area contributed by atoms with Gasteiger partial charge in [0.2, 0.25) is 5.91 Å². The molecule has 0 atom stereocenters. The van der Waals surface area contributed by atoms with Crippen LogP contribution in [0, 0.1) is 6.92 Å². The second-order valence-corrected chi connectivity index (χ2v) is 4.09. The molecule has 6 nitrogen and oxygen atoms in total. The second-order valence-electron chi connectivity index (χ2n) is 4.09. The van der Waals surface area contributed by atoms with Crippen molar-refractivity contribution >= 4 is 17.7 Å². The zero-order valence-corrected chi connectivity index (χ0v) is 10.5. The molecular formula is C13H13N3O3. The van der Waals surface area contributed by atoms with E-state index in [1.165, 1.54) is 17.8 Å². The van der Waals surface area contributed by atoms with E-state index in [0.29, 0.717) is 0 Å². The zero-order chi connectivity index (χ0) is 14.0. The van der Waals surface area contributed by atoms with Gasteiger partial charge < -0.3 is 10.4 Å². The number of nitrogens with one attached hydrogen (secondary N) is 1. The maximum Gasteiger partial charge on any atom is 0.341 e. The van der Waals surface area contributed by atoms with Gasteiger partial charge >= 0.3 is 5.97 Å². The van der Waals surface area contributed by atoms with Gasteiger partial charge in [-0.1, -0.05) is 18.2 Å². The monoisotopic (exact) mass is 259 g/mol. The van der Waals surface area contributed by atoms with Crippen molar-refractivity contribution in [1.29, 1.82) is 0 Å². The lowest BCUT2D eigenvalue weighted by Crippen LogP contribution is -2.14. The fourth-order valence-corrected chi connectivity index (χ4v) is 1.78. The number of carboxylic acids is 1. The van der Waals surface area contributed by atoms with Crippen LogP contribution in [0.2, 0.25) is 0 Å². The molecule has 0 bridgehead atoms. The first kappa shape index (κ1) is 12.8. The van der Waals surface area contributed by atoms with Crippen molar-refractivity contribution in [3.05, 3.63) is 41.6 Å². The number of benzene rings is 1. The Hall–Kier alpha value is -2.63. The van der Waals surface area contributed by atoms with Crippen LogP contribution in [0.3, 0.4) is 0 Å². The minimum absolute atomic E-state index is 0.0431. The second kappa shape index (κ2) is 4.93. The summed E-state index contributed by atoms with van der Waals surface area (Å²) < 4.78 is 1.42. The van der Waals surface area contributed by atoms with E-state index >= 15 is 0 Å². The van der Waals surface area contributed by atoms with E-state index in [0.717, 1.165) is 11.3 Å². The number of aryl methyl sites for hydroxylation is 1.